The van der Waals surface area contributed by atoms with E-state index in [1.165, 1.54) is 11.0 Å². The Bertz CT molecular complexity index is 784. The van der Waals surface area contributed by atoms with Crippen molar-refractivity contribution >= 4 is 11.6 Å². The highest BCUT2D eigenvalue weighted by atomic mass is 16.3. The highest BCUT2D eigenvalue weighted by Crippen LogP contribution is 2.16. The fourth-order valence-corrected chi connectivity index (χ4v) is 2.22. The van der Waals surface area contributed by atoms with Gasteiger partial charge in [0.15, 0.2) is 0 Å². The van der Waals surface area contributed by atoms with Crippen LogP contribution in [-0.4, -0.2) is 37.8 Å². The molecule has 0 fully saturated rings. The Hall–Kier alpha value is -3.06. The number of hydrogen-bond acceptors (Lipinski definition) is 5. The molecule has 0 saturated heterocycles. The Kier molecular flexibility index (Phi) is 4.39. The van der Waals surface area contributed by atoms with Gasteiger partial charge >= 0.3 is 0 Å². The third kappa shape index (κ3) is 3.41. The van der Waals surface area contributed by atoms with Gasteiger partial charge < -0.3 is 10.4 Å². The van der Waals surface area contributed by atoms with Gasteiger partial charge in [-0.2, -0.15) is 4.68 Å². The first-order chi connectivity index (χ1) is 11.3. The van der Waals surface area contributed by atoms with Crippen molar-refractivity contribution in [3.8, 4) is 5.69 Å². The number of carbonyl (C=O) groups is 1. The van der Waals surface area contributed by atoms with E-state index in [1.54, 1.807) is 18.2 Å². The van der Waals surface area contributed by atoms with E-state index in [1.807, 2.05) is 30.3 Å². The average molecular weight is 309 g/mol. The minimum atomic E-state index is -0.244. The van der Waals surface area contributed by atoms with Gasteiger partial charge in [0.1, 0.15) is 6.33 Å². The second-order valence-electron chi connectivity index (χ2n) is 4.90. The zero-order chi connectivity index (χ0) is 16.1. The van der Waals surface area contributed by atoms with Crippen LogP contribution in [0.5, 0.6) is 0 Å². The molecule has 0 radical (unpaired) electrons. The largest absolute Gasteiger partial charge is 0.396 e. The zero-order valence-electron chi connectivity index (χ0n) is 12.3. The molecular weight excluding hydrogens is 294 g/mol. The second-order valence-corrected chi connectivity index (χ2v) is 4.90. The van der Waals surface area contributed by atoms with E-state index in [4.69, 9.17) is 5.11 Å². The number of anilines is 1. The number of amides is 1. The molecule has 1 amide bonds. The predicted molar refractivity (Wildman–Crippen MR) is 84.3 cm³/mol. The van der Waals surface area contributed by atoms with E-state index in [2.05, 4.69) is 20.8 Å². The summed E-state index contributed by atoms with van der Waals surface area (Å²) in [6.45, 7) is 0.102. The van der Waals surface area contributed by atoms with Crippen LogP contribution < -0.4 is 5.32 Å². The number of tetrazole rings is 1. The normalized spacial score (nSPS) is 10.5. The lowest BCUT2D eigenvalue weighted by Crippen LogP contribution is -2.15. The van der Waals surface area contributed by atoms with Crippen molar-refractivity contribution in [1.82, 2.24) is 20.2 Å². The smallest absolute Gasteiger partial charge is 0.257 e. The third-order valence-corrected chi connectivity index (χ3v) is 3.36. The monoisotopic (exact) mass is 309 g/mol. The summed E-state index contributed by atoms with van der Waals surface area (Å²) >= 11 is 0. The summed E-state index contributed by atoms with van der Waals surface area (Å²) in [7, 11) is 0. The molecule has 0 saturated carbocycles. The minimum Gasteiger partial charge on any atom is -0.396 e. The zero-order valence-corrected chi connectivity index (χ0v) is 12.3. The van der Waals surface area contributed by atoms with Crippen molar-refractivity contribution < 1.29 is 9.90 Å². The molecule has 0 spiro atoms. The first-order valence-corrected chi connectivity index (χ1v) is 7.11. The molecule has 0 aliphatic carbocycles. The molecule has 2 N–H and O–H groups in total. The Morgan fingerprint density at radius 2 is 1.91 bits per heavy atom. The molecule has 7 heteroatoms. The molecule has 0 bridgehead atoms. The Balaban J connectivity index is 1.81. The van der Waals surface area contributed by atoms with Crippen molar-refractivity contribution in [3.63, 3.8) is 0 Å². The molecule has 7 nitrogen and oxygen atoms in total. The molecule has 1 aromatic heterocycles. The van der Waals surface area contributed by atoms with Crippen molar-refractivity contribution in [1.29, 1.82) is 0 Å². The molecule has 0 atom stereocenters. The lowest BCUT2D eigenvalue weighted by molar-refractivity contribution is 0.102. The van der Waals surface area contributed by atoms with E-state index in [-0.39, 0.29) is 12.5 Å². The molecule has 23 heavy (non-hydrogen) atoms. The quantitative estimate of drug-likeness (QED) is 0.744. The van der Waals surface area contributed by atoms with E-state index in [9.17, 15) is 4.79 Å². The lowest BCUT2D eigenvalue weighted by Gasteiger charge is -2.09. The number of aliphatic hydroxyl groups is 1. The highest BCUT2D eigenvalue weighted by Gasteiger charge is 2.13. The fourth-order valence-electron chi connectivity index (χ4n) is 2.22. The van der Waals surface area contributed by atoms with Crippen molar-refractivity contribution in [2.75, 3.05) is 11.9 Å². The maximum absolute atomic E-state index is 12.5. The maximum atomic E-state index is 12.5. The molecular formula is C16H15N5O2. The van der Waals surface area contributed by atoms with Crippen molar-refractivity contribution in [3.05, 3.63) is 66.0 Å². The number of nitrogens with one attached hydrogen (secondary N) is 1. The van der Waals surface area contributed by atoms with Gasteiger partial charge in [-0.15, -0.1) is 5.10 Å². The van der Waals surface area contributed by atoms with Crippen LogP contribution in [0.2, 0.25) is 0 Å². The van der Waals surface area contributed by atoms with E-state index in [0.29, 0.717) is 23.4 Å². The number of rotatable bonds is 5. The van der Waals surface area contributed by atoms with Gasteiger partial charge in [0, 0.05) is 12.3 Å². The molecule has 0 unspecified atom stereocenters. The van der Waals surface area contributed by atoms with Gasteiger partial charge in [0.2, 0.25) is 0 Å². The van der Waals surface area contributed by atoms with Crippen LogP contribution in [0.15, 0.2) is 54.9 Å². The van der Waals surface area contributed by atoms with Gasteiger partial charge in [-0.25, -0.2) is 0 Å². The number of benzene rings is 2. The number of aliphatic hydroxyl groups excluding tert-OH is 1. The fraction of sp³-hybridized carbons (Fsp3) is 0.125. The summed E-state index contributed by atoms with van der Waals surface area (Å²) in [6.07, 6.45) is 2.03. The van der Waals surface area contributed by atoms with Crippen LogP contribution in [0.1, 0.15) is 15.9 Å². The van der Waals surface area contributed by atoms with Crippen molar-refractivity contribution in [2.24, 2.45) is 0 Å². The number of carbonyl (C=O) groups excluding carboxylic acids is 1. The molecule has 116 valence electrons. The maximum Gasteiger partial charge on any atom is 0.257 e. The highest BCUT2D eigenvalue weighted by molar-refractivity contribution is 6.06. The molecule has 0 aliphatic heterocycles. The summed E-state index contributed by atoms with van der Waals surface area (Å²) in [5.41, 5.74) is 2.77. The number of hydrogen-bond donors (Lipinski definition) is 2. The molecule has 3 rings (SSSR count). The first kappa shape index (κ1) is 14.9. The minimum absolute atomic E-state index is 0.102. The van der Waals surface area contributed by atoms with Crippen molar-refractivity contribution in [2.45, 2.75) is 6.42 Å². The summed E-state index contributed by atoms with van der Waals surface area (Å²) in [6, 6.07) is 14.5. The second kappa shape index (κ2) is 6.80. The summed E-state index contributed by atoms with van der Waals surface area (Å²) in [5.74, 6) is -0.244. The van der Waals surface area contributed by atoms with Crippen LogP contribution in [0.4, 0.5) is 5.69 Å². The molecule has 2 aromatic carbocycles. The summed E-state index contributed by atoms with van der Waals surface area (Å²) in [4.78, 5) is 12.5. The van der Waals surface area contributed by atoms with E-state index in [0.717, 1.165) is 5.56 Å². The standard InChI is InChI=1S/C16H15N5O2/c22-10-9-12-5-7-13(8-6-12)18-16(23)14-3-1-2-4-15(14)21-11-17-19-20-21/h1-8,11,22H,9-10H2,(H,18,23). The van der Waals surface area contributed by atoms with Gasteiger partial charge in [0.25, 0.3) is 5.91 Å². The third-order valence-electron chi connectivity index (χ3n) is 3.36. The molecule has 3 aromatic rings. The number of aromatic nitrogens is 4. The van der Waals surface area contributed by atoms with Crippen LogP contribution in [0.25, 0.3) is 5.69 Å². The van der Waals surface area contributed by atoms with Crippen LogP contribution in [-0.2, 0) is 6.42 Å². The topological polar surface area (TPSA) is 92.9 Å². The van der Waals surface area contributed by atoms with Gasteiger partial charge in [-0.05, 0) is 46.7 Å². The van der Waals surface area contributed by atoms with Gasteiger partial charge in [-0.1, -0.05) is 24.3 Å². The Morgan fingerprint density at radius 1 is 1.13 bits per heavy atom. The number of nitrogens with zero attached hydrogens (tertiary/aromatic N) is 4. The predicted octanol–water partition coefficient (Wildman–Crippen LogP) is 1.45. The van der Waals surface area contributed by atoms with Crippen LogP contribution >= 0.6 is 0 Å². The van der Waals surface area contributed by atoms with E-state index < -0.39 is 0 Å². The summed E-state index contributed by atoms with van der Waals surface area (Å²) < 4.78 is 1.44. The average Bonchev–Trinajstić information content (AvgIpc) is 3.11. The van der Waals surface area contributed by atoms with Crippen LogP contribution in [0, 0.1) is 0 Å². The molecule has 1 heterocycles. The summed E-state index contributed by atoms with van der Waals surface area (Å²) in [5, 5.41) is 22.8. The van der Waals surface area contributed by atoms with Crippen LogP contribution in [0.3, 0.4) is 0 Å². The number of para-hydroxylation sites is 1. The van der Waals surface area contributed by atoms with Gasteiger partial charge in [0.05, 0.1) is 11.3 Å². The molecule has 0 aliphatic rings. The van der Waals surface area contributed by atoms with Gasteiger partial charge in [-0.3, -0.25) is 4.79 Å². The Labute approximate surface area is 132 Å². The SMILES string of the molecule is O=C(Nc1ccc(CCO)cc1)c1ccccc1-n1cnnn1. The lowest BCUT2D eigenvalue weighted by atomic mass is 10.1. The Morgan fingerprint density at radius 3 is 2.61 bits per heavy atom. The van der Waals surface area contributed by atoms with E-state index >= 15 is 0 Å². The first-order valence-electron chi connectivity index (χ1n) is 7.11.